The van der Waals surface area contributed by atoms with Gasteiger partial charge in [-0.05, 0) is 36.8 Å². The molecule has 0 unspecified atom stereocenters. The van der Waals surface area contributed by atoms with E-state index < -0.39 is 11.7 Å². The molecule has 0 aliphatic rings. The van der Waals surface area contributed by atoms with Crippen molar-refractivity contribution in [3.63, 3.8) is 0 Å². The number of aromatic nitrogens is 2. The van der Waals surface area contributed by atoms with Crippen molar-refractivity contribution >= 4 is 11.4 Å². The maximum Gasteiger partial charge on any atom is 0.418 e. The first-order valence-corrected chi connectivity index (χ1v) is 7.50. The van der Waals surface area contributed by atoms with Gasteiger partial charge >= 0.3 is 6.18 Å². The van der Waals surface area contributed by atoms with Crippen molar-refractivity contribution in [1.29, 1.82) is 0 Å². The summed E-state index contributed by atoms with van der Waals surface area (Å²) in [5.74, 6) is 0. The van der Waals surface area contributed by atoms with Gasteiger partial charge in [0.1, 0.15) is 0 Å². The number of imidazole rings is 1. The number of anilines is 1. The fourth-order valence-electron chi connectivity index (χ4n) is 2.32. The average Bonchev–Trinajstić information content (AvgIpc) is 3.14. The van der Waals surface area contributed by atoms with Crippen molar-refractivity contribution in [2.75, 3.05) is 5.43 Å². The molecule has 0 bridgehead atoms. The number of nitrogens with zero attached hydrogens (tertiary/aromatic N) is 3. The molecule has 0 spiro atoms. The number of hydrogen-bond acceptors (Lipinski definition) is 3. The molecule has 25 heavy (non-hydrogen) atoms. The molecular weight excluding hydrogens is 329 g/mol. The van der Waals surface area contributed by atoms with Crippen LogP contribution in [0.1, 0.15) is 18.1 Å². The minimum Gasteiger partial charge on any atom is -0.306 e. The molecule has 4 nitrogen and oxygen atoms in total. The lowest BCUT2D eigenvalue weighted by molar-refractivity contribution is -0.136. The number of hydrazone groups is 1. The van der Waals surface area contributed by atoms with E-state index in [1.165, 1.54) is 18.2 Å². The first kappa shape index (κ1) is 16.8. The van der Waals surface area contributed by atoms with Crippen molar-refractivity contribution in [2.24, 2.45) is 5.10 Å². The van der Waals surface area contributed by atoms with E-state index in [9.17, 15) is 13.2 Å². The molecule has 128 valence electrons. The molecule has 1 heterocycles. The minimum absolute atomic E-state index is 0.0793. The number of alkyl halides is 3. The molecule has 2 aromatic carbocycles. The third-order valence-electron chi connectivity index (χ3n) is 3.66. The molecular formula is C18H15F3N4. The van der Waals surface area contributed by atoms with E-state index in [-0.39, 0.29) is 5.69 Å². The summed E-state index contributed by atoms with van der Waals surface area (Å²) in [6.07, 6.45) is 0.763. The summed E-state index contributed by atoms with van der Waals surface area (Å²) >= 11 is 0. The molecule has 1 aromatic heterocycles. The van der Waals surface area contributed by atoms with E-state index in [1.807, 2.05) is 35.0 Å². The highest BCUT2D eigenvalue weighted by Gasteiger charge is 2.33. The Morgan fingerprint density at radius 3 is 2.44 bits per heavy atom. The molecule has 1 N–H and O–H groups in total. The van der Waals surface area contributed by atoms with Crippen LogP contribution in [0.15, 0.2) is 72.4 Å². The third-order valence-corrected chi connectivity index (χ3v) is 3.66. The zero-order valence-corrected chi connectivity index (χ0v) is 13.3. The van der Waals surface area contributed by atoms with Crippen LogP contribution in [-0.2, 0) is 6.18 Å². The Morgan fingerprint density at radius 2 is 1.80 bits per heavy atom. The predicted molar refractivity (Wildman–Crippen MR) is 90.8 cm³/mol. The second-order valence-electron chi connectivity index (χ2n) is 5.37. The summed E-state index contributed by atoms with van der Waals surface area (Å²) in [5.41, 5.74) is 4.00. The Balaban J connectivity index is 1.79. The van der Waals surface area contributed by atoms with E-state index in [1.54, 1.807) is 19.4 Å². The summed E-state index contributed by atoms with van der Waals surface area (Å²) in [6, 6.07) is 12.7. The molecule has 0 radical (unpaired) electrons. The molecule has 0 atom stereocenters. The lowest BCUT2D eigenvalue weighted by Gasteiger charge is -2.12. The Labute approximate surface area is 142 Å². The zero-order chi connectivity index (χ0) is 17.9. The smallest absolute Gasteiger partial charge is 0.306 e. The van der Waals surface area contributed by atoms with Gasteiger partial charge in [-0.2, -0.15) is 18.3 Å². The van der Waals surface area contributed by atoms with Crippen LogP contribution in [0.2, 0.25) is 0 Å². The predicted octanol–water partition coefficient (Wildman–Crippen LogP) is 4.73. The second kappa shape index (κ2) is 6.80. The van der Waals surface area contributed by atoms with Crippen LogP contribution < -0.4 is 5.43 Å². The van der Waals surface area contributed by atoms with Crippen molar-refractivity contribution in [3.05, 3.63) is 78.4 Å². The van der Waals surface area contributed by atoms with Gasteiger partial charge in [0.25, 0.3) is 0 Å². The summed E-state index contributed by atoms with van der Waals surface area (Å²) in [6.45, 7) is 1.73. The largest absolute Gasteiger partial charge is 0.418 e. The zero-order valence-electron chi connectivity index (χ0n) is 13.3. The first-order chi connectivity index (χ1) is 11.9. The van der Waals surface area contributed by atoms with Crippen molar-refractivity contribution in [3.8, 4) is 5.69 Å². The highest BCUT2D eigenvalue weighted by Crippen LogP contribution is 2.34. The Hall–Kier alpha value is -3.09. The van der Waals surface area contributed by atoms with E-state index in [2.05, 4.69) is 15.5 Å². The van der Waals surface area contributed by atoms with E-state index in [4.69, 9.17) is 0 Å². The van der Waals surface area contributed by atoms with Gasteiger partial charge in [0.2, 0.25) is 0 Å². The van der Waals surface area contributed by atoms with Gasteiger partial charge in [0.15, 0.2) is 0 Å². The summed E-state index contributed by atoms with van der Waals surface area (Å²) in [5, 5.41) is 4.08. The molecule has 0 saturated carbocycles. The van der Waals surface area contributed by atoms with Crippen LogP contribution >= 0.6 is 0 Å². The quantitative estimate of drug-likeness (QED) is 0.549. The molecule has 0 fully saturated rings. The van der Waals surface area contributed by atoms with Crippen LogP contribution in [0.3, 0.4) is 0 Å². The fraction of sp³-hybridized carbons (Fsp3) is 0.111. The monoisotopic (exact) mass is 344 g/mol. The Bertz CT molecular complexity index is 866. The van der Waals surface area contributed by atoms with Gasteiger partial charge in [-0.3, -0.25) is 5.43 Å². The van der Waals surface area contributed by atoms with Gasteiger partial charge in [0.05, 0.1) is 23.3 Å². The number of hydrogen-bond donors (Lipinski definition) is 1. The van der Waals surface area contributed by atoms with E-state index >= 15 is 0 Å². The maximum atomic E-state index is 13.0. The number of nitrogens with one attached hydrogen (secondary N) is 1. The van der Waals surface area contributed by atoms with E-state index in [0.29, 0.717) is 5.71 Å². The van der Waals surface area contributed by atoms with Crippen LogP contribution in [0.5, 0.6) is 0 Å². The third kappa shape index (κ3) is 3.88. The summed E-state index contributed by atoms with van der Waals surface area (Å²) in [4.78, 5) is 3.98. The average molecular weight is 344 g/mol. The number of rotatable bonds is 4. The molecule has 3 rings (SSSR count). The van der Waals surface area contributed by atoms with Gasteiger partial charge in [0, 0.05) is 18.1 Å². The van der Waals surface area contributed by atoms with Crippen molar-refractivity contribution in [2.45, 2.75) is 13.1 Å². The van der Waals surface area contributed by atoms with Gasteiger partial charge in [-0.1, -0.05) is 24.3 Å². The highest BCUT2D eigenvalue weighted by molar-refractivity contribution is 5.99. The standard InChI is InChI=1S/C18H15F3N4/c1-13(14-6-8-15(9-7-14)25-11-10-22-12-25)23-24-17-5-3-2-4-16(17)18(19,20)21/h2-12,24H,1H3. The molecule has 0 aliphatic heterocycles. The normalized spacial score (nSPS) is 12.2. The van der Waals surface area contributed by atoms with Crippen LogP contribution in [0, 0.1) is 0 Å². The van der Waals surface area contributed by atoms with Gasteiger partial charge < -0.3 is 4.57 Å². The molecule has 0 aliphatic carbocycles. The lowest BCUT2D eigenvalue weighted by Crippen LogP contribution is -2.09. The van der Waals surface area contributed by atoms with Gasteiger partial charge in [-0.25, -0.2) is 4.98 Å². The number of para-hydroxylation sites is 1. The van der Waals surface area contributed by atoms with Gasteiger partial charge in [-0.15, -0.1) is 0 Å². The number of benzene rings is 2. The van der Waals surface area contributed by atoms with Crippen LogP contribution in [0.25, 0.3) is 5.69 Å². The second-order valence-corrected chi connectivity index (χ2v) is 5.37. The lowest BCUT2D eigenvalue weighted by atomic mass is 10.1. The molecule has 0 amide bonds. The molecule has 3 aromatic rings. The Kier molecular flexibility index (Phi) is 4.56. The topological polar surface area (TPSA) is 42.2 Å². The van der Waals surface area contributed by atoms with Crippen molar-refractivity contribution in [1.82, 2.24) is 9.55 Å². The molecule has 7 heteroatoms. The minimum atomic E-state index is -4.43. The summed E-state index contributed by atoms with van der Waals surface area (Å²) in [7, 11) is 0. The SMILES string of the molecule is CC(=NNc1ccccc1C(F)(F)F)c1ccc(-n2ccnc2)cc1. The van der Waals surface area contributed by atoms with Crippen molar-refractivity contribution < 1.29 is 13.2 Å². The Morgan fingerprint density at radius 1 is 1.08 bits per heavy atom. The van der Waals surface area contributed by atoms with Crippen LogP contribution in [0.4, 0.5) is 18.9 Å². The fourth-order valence-corrected chi connectivity index (χ4v) is 2.32. The first-order valence-electron chi connectivity index (χ1n) is 7.50. The highest BCUT2D eigenvalue weighted by atomic mass is 19.4. The number of halogens is 3. The molecule has 0 saturated heterocycles. The maximum absolute atomic E-state index is 13.0. The van der Waals surface area contributed by atoms with Crippen LogP contribution in [-0.4, -0.2) is 15.3 Å². The van der Waals surface area contributed by atoms with E-state index in [0.717, 1.165) is 17.3 Å². The summed E-state index contributed by atoms with van der Waals surface area (Å²) < 4.78 is 40.8.